The number of rotatable bonds is 5. The minimum Gasteiger partial charge on any atom is -0.370 e. The number of hydrogen-bond acceptors (Lipinski definition) is 4. The van der Waals surface area contributed by atoms with Crippen molar-refractivity contribution < 1.29 is 4.79 Å². The van der Waals surface area contributed by atoms with Crippen LogP contribution < -0.4 is 11.5 Å². The molecule has 6 heteroatoms. The first-order chi connectivity index (χ1) is 8.59. The van der Waals surface area contributed by atoms with E-state index in [9.17, 15) is 4.79 Å². The van der Waals surface area contributed by atoms with Gasteiger partial charge in [0.15, 0.2) is 5.65 Å². The Bertz CT molecular complexity index is 575. The van der Waals surface area contributed by atoms with Crippen molar-refractivity contribution >= 4 is 23.0 Å². The molecule has 18 heavy (non-hydrogen) atoms. The molecule has 0 bridgehead atoms. The van der Waals surface area contributed by atoms with Gasteiger partial charge in [0.25, 0.3) is 0 Å². The standard InChI is InChI=1S/C12H17N5O/c1-8-5-6-15-11-10(8)16-12(14)17(11)7-3-2-4-9(13)18/h5-6H,2-4,7H2,1H3,(H2,13,18)(H2,14,16). The lowest BCUT2D eigenvalue weighted by atomic mass is 10.2. The molecule has 1 amide bonds. The number of aryl methyl sites for hydroxylation is 2. The molecule has 0 saturated heterocycles. The topological polar surface area (TPSA) is 99.8 Å². The largest absolute Gasteiger partial charge is 0.370 e. The van der Waals surface area contributed by atoms with E-state index in [1.165, 1.54) is 0 Å². The van der Waals surface area contributed by atoms with Gasteiger partial charge in [-0.1, -0.05) is 0 Å². The summed E-state index contributed by atoms with van der Waals surface area (Å²) in [5.74, 6) is 0.193. The molecule has 0 atom stereocenters. The summed E-state index contributed by atoms with van der Waals surface area (Å²) < 4.78 is 1.88. The Morgan fingerprint density at radius 2 is 2.22 bits per heavy atom. The van der Waals surface area contributed by atoms with Gasteiger partial charge in [0.05, 0.1) is 0 Å². The second-order valence-corrected chi connectivity index (χ2v) is 4.35. The van der Waals surface area contributed by atoms with E-state index >= 15 is 0 Å². The SMILES string of the molecule is Cc1ccnc2c1nc(N)n2CCCCC(N)=O. The molecule has 0 aromatic carbocycles. The molecule has 0 radical (unpaired) electrons. The van der Waals surface area contributed by atoms with Crippen LogP contribution >= 0.6 is 0 Å². The summed E-state index contributed by atoms with van der Waals surface area (Å²) in [6.07, 6.45) is 3.73. The van der Waals surface area contributed by atoms with Crippen molar-refractivity contribution in [2.24, 2.45) is 5.73 Å². The Labute approximate surface area is 105 Å². The molecular weight excluding hydrogens is 230 g/mol. The highest BCUT2D eigenvalue weighted by atomic mass is 16.1. The lowest BCUT2D eigenvalue weighted by Crippen LogP contribution is -2.10. The molecule has 0 fully saturated rings. The number of nitrogens with two attached hydrogens (primary N) is 2. The van der Waals surface area contributed by atoms with Gasteiger partial charge in [-0.25, -0.2) is 9.97 Å². The van der Waals surface area contributed by atoms with Crippen LogP contribution in [0.3, 0.4) is 0 Å². The zero-order valence-electron chi connectivity index (χ0n) is 10.4. The minimum absolute atomic E-state index is 0.271. The molecule has 4 N–H and O–H groups in total. The quantitative estimate of drug-likeness (QED) is 0.769. The Morgan fingerprint density at radius 3 is 2.94 bits per heavy atom. The fraction of sp³-hybridized carbons (Fsp3) is 0.417. The van der Waals surface area contributed by atoms with Crippen molar-refractivity contribution in [3.63, 3.8) is 0 Å². The number of pyridine rings is 1. The number of primary amides is 1. The number of nitrogens with zero attached hydrogens (tertiary/aromatic N) is 3. The predicted octanol–water partition coefficient (Wildman–Crippen LogP) is 0.978. The monoisotopic (exact) mass is 247 g/mol. The number of amides is 1. The first-order valence-corrected chi connectivity index (χ1v) is 5.95. The van der Waals surface area contributed by atoms with E-state index in [1.807, 2.05) is 17.6 Å². The highest BCUT2D eigenvalue weighted by Crippen LogP contribution is 2.19. The molecule has 2 aromatic heterocycles. The Morgan fingerprint density at radius 1 is 1.44 bits per heavy atom. The zero-order valence-corrected chi connectivity index (χ0v) is 10.4. The van der Waals surface area contributed by atoms with Gasteiger partial charge in [0.1, 0.15) is 5.52 Å². The molecule has 0 spiro atoms. The molecule has 2 aromatic rings. The van der Waals surface area contributed by atoms with Gasteiger partial charge >= 0.3 is 0 Å². The van der Waals surface area contributed by atoms with Crippen LogP contribution in [0.4, 0.5) is 5.95 Å². The number of unbranched alkanes of at least 4 members (excludes halogenated alkanes) is 1. The maximum Gasteiger partial charge on any atom is 0.217 e. The molecule has 0 aliphatic heterocycles. The number of aromatic nitrogens is 3. The van der Waals surface area contributed by atoms with Gasteiger partial charge in [-0.15, -0.1) is 0 Å². The summed E-state index contributed by atoms with van der Waals surface area (Å²) in [6.45, 7) is 2.68. The fourth-order valence-corrected chi connectivity index (χ4v) is 1.94. The number of carbonyl (C=O) groups is 1. The summed E-state index contributed by atoms with van der Waals surface area (Å²) in [6, 6.07) is 1.91. The van der Waals surface area contributed by atoms with Crippen molar-refractivity contribution in [1.82, 2.24) is 14.5 Å². The van der Waals surface area contributed by atoms with E-state index in [0.29, 0.717) is 18.9 Å². The fourth-order valence-electron chi connectivity index (χ4n) is 1.94. The van der Waals surface area contributed by atoms with Crippen LogP contribution in [0.25, 0.3) is 11.2 Å². The van der Waals surface area contributed by atoms with E-state index in [-0.39, 0.29) is 5.91 Å². The van der Waals surface area contributed by atoms with E-state index in [4.69, 9.17) is 11.5 Å². The van der Waals surface area contributed by atoms with Gasteiger partial charge in [0, 0.05) is 19.2 Å². The van der Waals surface area contributed by atoms with E-state index in [1.54, 1.807) is 6.20 Å². The first-order valence-electron chi connectivity index (χ1n) is 5.95. The summed E-state index contributed by atoms with van der Waals surface area (Å²) in [4.78, 5) is 19.3. The van der Waals surface area contributed by atoms with Crippen LogP contribution in [-0.2, 0) is 11.3 Å². The highest BCUT2D eigenvalue weighted by Gasteiger charge is 2.10. The van der Waals surface area contributed by atoms with Gasteiger partial charge in [0.2, 0.25) is 11.9 Å². The number of carbonyl (C=O) groups excluding carboxylic acids is 1. The third-order valence-corrected chi connectivity index (χ3v) is 2.92. The van der Waals surface area contributed by atoms with Gasteiger partial charge < -0.3 is 11.5 Å². The molecule has 2 heterocycles. The molecule has 2 rings (SSSR count). The van der Waals surface area contributed by atoms with Gasteiger partial charge in [-0.3, -0.25) is 9.36 Å². The number of imidazole rings is 1. The van der Waals surface area contributed by atoms with Crippen molar-refractivity contribution in [2.75, 3.05) is 5.73 Å². The minimum atomic E-state index is -0.271. The van der Waals surface area contributed by atoms with Crippen LogP contribution in [0, 0.1) is 6.92 Å². The van der Waals surface area contributed by atoms with E-state index in [2.05, 4.69) is 9.97 Å². The Hall–Kier alpha value is -2.11. The lowest BCUT2D eigenvalue weighted by Gasteiger charge is -2.05. The van der Waals surface area contributed by atoms with Crippen molar-refractivity contribution in [2.45, 2.75) is 32.7 Å². The normalized spacial score (nSPS) is 10.9. The molecule has 96 valence electrons. The van der Waals surface area contributed by atoms with Gasteiger partial charge in [-0.05, 0) is 31.4 Å². The maximum absolute atomic E-state index is 10.7. The average molecular weight is 247 g/mol. The molecule has 0 saturated carbocycles. The van der Waals surface area contributed by atoms with Crippen LogP contribution in [0.1, 0.15) is 24.8 Å². The number of nitrogen functional groups attached to an aromatic ring is 1. The number of anilines is 1. The third-order valence-electron chi connectivity index (χ3n) is 2.92. The molecule has 0 aliphatic rings. The van der Waals surface area contributed by atoms with Crippen LogP contribution in [0.2, 0.25) is 0 Å². The highest BCUT2D eigenvalue weighted by molar-refractivity contribution is 5.77. The Kier molecular flexibility index (Phi) is 3.45. The maximum atomic E-state index is 10.7. The second-order valence-electron chi connectivity index (χ2n) is 4.35. The van der Waals surface area contributed by atoms with E-state index < -0.39 is 0 Å². The Balaban J connectivity index is 2.15. The van der Waals surface area contributed by atoms with Crippen molar-refractivity contribution in [3.05, 3.63) is 17.8 Å². The predicted molar refractivity (Wildman–Crippen MR) is 69.7 cm³/mol. The number of fused-ring (bicyclic) bond motifs is 1. The van der Waals surface area contributed by atoms with Crippen LogP contribution in [0.5, 0.6) is 0 Å². The van der Waals surface area contributed by atoms with E-state index in [0.717, 1.165) is 29.6 Å². The second kappa shape index (κ2) is 5.03. The van der Waals surface area contributed by atoms with Crippen molar-refractivity contribution in [1.29, 1.82) is 0 Å². The number of hydrogen-bond donors (Lipinski definition) is 2. The molecule has 0 aliphatic carbocycles. The zero-order chi connectivity index (χ0) is 13.1. The van der Waals surface area contributed by atoms with Gasteiger partial charge in [-0.2, -0.15) is 0 Å². The summed E-state index contributed by atoms with van der Waals surface area (Å²) in [5, 5.41) is 0. The van der Waals surface area contributed by atoms with Crippen LogP contribution in [-0.4, -0.2) is 20.4 Å². The summed E-state index contributed by atoms with van der Waals surface area (Å²) in [7, 11) is 0. The summed E-state index contributed by atoms with van der Waals surface area (Å²) in [5.41, 5.74) is 13.7. The van der Waals surface area contributed by atoms with Crippen molar-refractivity contribution in [3.8, 4) is 0 Å². The van der Waals surface area contributed by atoms with Crippen LogP contribution in [0.15, 0.2) is 12.3 Å². The molecule has 6 nitrogen and oxygen atoms in total. The third kappa shape index (κ3) is 2.42. The lowest BCUT2D eigenvalue weighted by molar-refractivity contribution is -0.118. The average Bonchev–Trinajstić information content (AvgIpc) is 2.63. The molecular formula is C12H17N5O. The first kappa shape index (κ1) is 12.3. The summed E-state index contributed by atoms with van der Waals surface area (Å²) >= 11 is 0. The smallest absolute Gasteiger partial charge is 0.217 e. The molecule has 0 unspecified atom stereocenters.